The third-order valence-corrected chi connectivity index (χ3v) is 3.27. The van der Waals surface area contributed by atoms with Crippen molar-refractivity contribution in [3.8, 4) is 0 Å². The molecule has 5 heteroatoms. The van der Waals surface area contributed by atoms with E-state index in [0.29, 0.717) is 12.5 Å². The van der Waals surface area contributed by atoms with E-state index < -0.39 is 0 Å². The molecule has 2 atom stereocenters. The van der Waals surface area contributed by atoms with Crippen LogP contribution in [-0.4, -0.2) is 40.3 Å². The molecule has 2 heterocycles. The molecule has 0 radical (unpaired) electrons. The lowest BCUT2D eigenvalue weighted by molar-refractivity contribution is 0.0606. The van der Waals surface area contributed by atoms with E-state index in [9.17, 15) is 9.90 Å². The Morgan fingerprint density at radius 3 is 3.06 bits per heavy atom. The van der Waals surface area contributed by atoms with Gasteiger partial charge < -0.3 is 14.5 Å². The predicted molar refractivity (Wildman–Crippen MR) is 56.9 cm³/mol. The van der Waals surface area contributed by atoms with Crippen molar-refractivity contribution in [1.82, 2.24) is 10.1 Å². The van der Waals surface area contributed by atoms with Gasteiger partial charge in [-0.15, -0.1) is 0 Å². The smallest absolute Gasteiger partial charge is 0.293 e. The number of likely N-dealkylation sites (tertiary alicyclic amines) is 1. The first kappa shape index (κ1) is 11.1. The minimum absolute atomic E-state index is 0.0000907. The Morgan fingerprint density at radius 2 is 2.50 bits per heavy atom. The topological polar surface area (TPSA) is 66.6 Å². The van der Waals surface area contributed by atoms with Crippen molar-refractivity contribution in [2.75, 3.05) is 13.2 Å². The van der Waals surface area contributed by atoms with Gasteiger partial charge >= 0.3 is 0 Å². The fourth-order valence-corrected chi connectivity index (χ4v) is 2.17. The molecule has 5 nitrogen and oxygen atoms in total. The summed E-state index contributed by atoms with van der Waals surface area (Å²) in [5.41, 5.74) is 0.737. The maximum absolute atomic E-state index is 12.1. The summed E-state index contributed by atoms with van der Waals surface area (Å²) in [5, 5.41) is 12.9. The Labute approximate surface area is 94.0 Å². The second kappa shape index (κ2) is 4.25. The SMILES string of the molecule is Cc1cnoc1C(=O)N1CCC(C)C1CO. The van der Waals surface area contributed by atoms with Crippen LogP contribution in [0.25, 0.3) is 0 Å². The maximum atomic E-state index is 12.1. The van der Waals surface area contributed by atoms with Crippen LogP contribution in [-0.2, 0) is 0 Å². The molecule has 0 bridgehead atoms. The van der Waals surface area contributed by atoms with Gasteiger partial charge in [-0.3, -0.25) is 4.79 Å². The Balaban J connectivity index is 2.20. The average molecular weight is 224 g/mol. The van der Waals surface area contributed by atoms with E-state index in [1.165, 1.54) is 6.20 Å². The third kappa shape index (κ3) is 1.71. The van der Waals surface area contributed by atoms with Gasteiger partial charge in [0, 0.05) is 12.1 Å². The highest BCUT2D eigenvalue weighted by atomic mass is 16.5. The summed E-state index contributed by atoms with van der Waals surface area (Å²) in [5.74, 6) is 0.447. The van der Waals surface area contributed by atoms with Gasteiger partial charge in [-0.1, -0.05) is 12.1 Å². The van der Waals surface area contributed by atoms with Crippen molar-refractivity contribution in [2.24, 2.45) is 5.92 Å². The number of rotatable bonds is 2. The Kier molecular flexibility index (Phi) is 2.96. The van der Waals surface area contributed by atoms with Gasteiger partial charge in [0.15, 0.2) is 0 Å². The monoisotopic (exact) mass is 224 g/mol. The highest BCUT2D eigenvalue weighted by Gasteiger charge is 2.36. The normalized spacial score (nSPS) is 25.1. The molecule has 1 fully saturated rings. The molecule has 2 rings (SSSR count). The van der Waals surface area contributed by atoms with Crippen LogP contribution in [0.3, 0.4) is 0 Å². The van der Waals surface area contributed by atoms with Crippen molar-refractivity contribution in [3.63, 3.8) is 0 Å². The zero-order chi connectivity index (χ0) is 11.7. The quantitative estimate of drug-likeness (QED) is 0.807. The number of carbonyl (C=O) groups excluding carboxylic acids is 1. The van der Waals surface area contributed by atoms with E-state index in [1.807, 2.05) is 6.92 Å². The Bertz CT molecular complexity index is 388. The number of carbonyl (C=O) groups is 1. The molecule has 1 amide bonds. The van der Waals surface area contributed by atoms with Gasteiger partial charge in [0.05, 0.1) is 18.8 Å². The van der Waals surface area contributed by atoms with Crippen molar-refractivity contribution in [3.05, 3.63) is 17.5 Å². The lowest BCUT2D eigenvalue weighted by atomic mass is 10.0. The summed E-state index contributed by atoms with van der Waals surface area (Å²) in [6, 6.07) is -0.100. The Morgan fingerprint density at radius 1 is 1.75 bits per heavy atom. The summed E-state index contributed by atoms with van der Waals surface area (Å²) < 4.78 is 4.94. The lowest BCUT2D eigenvalue weighted by Crippen LogP contribution is -2.39. The predicted octanol–water partition coefficient (Wildman–Crippen LogP) is 0.826. The summed E-state index contributed by atoms with van der Waals surface area (Å²) in [4.78, 5) is 13.8. The van der Waals surface area contributed by atoms with Crippen molar-refractivity contribution >= 4 is 5.91 Å². The van der Waals surface area contributed by atoms with Crippen LogP contribution in [0.2, 0.25) is 0 Å². The van der Waals surface area contributed by atoms with Crippen LogP contribution in [0, 0.1) is 12.8 Å². The molecule has 1 N–H and O–H groups in total. The van der Waals surface area contributed by atoms with Gasteiger partial charge in [-0.25, -0.2) is 0 Å². The number of hydrogen-bond donors (Lipinski definition) is 1. The minimum Gasteiger partial charge on any atom is -0.394 e. The zero-order valence-corrected chi connectivity index (χ0v) is 9.51. The van der Waals surface area contributed by atoms with Crippen molar-refractivity contribution in [2.45, 2.75) is 26.3 Å². The number of aromatic nitrogens is 1. The third-order valence-electron chi connectivity index (χ3n) is 3.27. The zero-order valence-electron chi connectivity index (χ0n) is 9.51. The number of amides is 1. The molecule has 0 aliphatic carbocycles. The van der Waals surface area contributed by atoms with E-state index in [0.717, 1.165) is 12.0 Å². The standard InChI is InChI=1S/C11H16N2O3/c1-7-3-4-13(9(7)6-14)11(15)10-8(2)5-12-16-10/h5,7,9,14H,3-4,6H2,1-2H3. The van der Waals surface area contributed by atoms with E-state index in [2.05, 4.69) is 5.16 Å². The molecular weight excluding hydrogens is 208 g/mol. The van der Waals surface area contributed by atoms with Crippen LogP contribution in [0.1, 0.15) is 29.5 Å². The molecule has 0 saturated carbocycles. The highest BCUT2D eigenvalue weighted by Crippen LogP contribution is 2.25. The first-order chi connectivity index (χ1) is 7.65. The number of aliphatic hydroxyl groups is 1. The van der Waals surface area contributed by atoms with Crippen LogP contribution in [0.5, 0.6) is 0 Å². The van der Waals surface area contributed by atoms with Gasteiger partial charge in [0.1, 0.15) is 0 Å². The average Bonchev–Trinajstić information content (AvgIpc) is 2.83. The second-order valence-electron chi connectivity index (χ2n) is 4.35. The van der Waals surface area contributed by atoms with E-state index in [1.54, 1.807) is 11.8 Å². The lowest BCUT2D eigenvalue weighted by Gasteiger charge is -2.24. The van der Waals surface area contributed by atoms with Crippen LogP contribution in [0.15, 0.2) is 10.7 Å². The van der Waals surface area contributed by atoms with Crippen molar-refractivity contribution in [1.29, 1.82) is 0 Å². The summed E-state index contributed by atoms with van der Waals surface area (Å²) in [6.45, 7) is 4.50. The molecule has 1 aromatic heterocycles. The molecule has 2 unspecified atom stereocenters. The molecule has 1 aliphatic rings. The summed E-state index contributed by atoms with van der Waals surface area (Å²) >= 11 is 0. The van der Waals surface area contributed by atoms with E-state index in [4.69, 9.17) is 4.52 Å². The van der Waals surface area contributed by atoms with Crippen LogP contribution < -0.4 is 0 Å². The molecule has 16 heavy (non-hydrogen) atoms. The fourth-order valence-electron chi connectivity index (χ4n) is 2.17. The fraction of sp³-hybridized carbons (Fsp3) is 0.636. The number of nitrogens with zero attached hydrogens (tertiary/aromatic N) is 2. The molecule has 0 spiro atoms. The molecular formula is C11H16N2O3. The second-order valence-corrected chi connectivity index (χ2v) is 4.35. The summed E-state index contributed by atoms with van der Waals surface area (Å²) in [7, 11) is 0. The first-order valence-electron chi connectivity index (χ1n) is 5.48. The van der Waals surface area contributed by atoms with Gasteiger partial charge in [-0.05, 0) is 19.3 Å². The molecule has 1 saturated heterocycles. The Hall–Kier alpha value is -1.36. The largest absolute Gasteiger partial charge is 0.394 e. The number of aryl methyl sites for hydroxylation is 1. The summed E-state index contributed by atoms with van der Waals surface area (Å²) in [6.07, 6.45) is 2.45. The molecule has 0 aromatic carbocycles. The van der Waals surface area contributed by atoms with E-state index >= 15 is 0 Å². The first-order valence-corrected chi connectivity index (χ1v) is 5.48. The van der Waals surface area contributed by atoms with Gasteiger partial charge in [0.2, 0.25) is 5.76 Å². The molecule has 88 valence electrons. The van der Waals surface area contributed by atoms with Gasteiger partial charge in [-0.2, -0.15) is 0 Å². The molecule has 1 aliphatic heterocycles. The van der Waals surface area contributed by atoms with E-state index in [-0.39, 0.29) is 24.3 Å². The minimum atomic E-state index is -0.168. The number of aliphatic hydroxyl groups excluding tert-OH is 1. The van der Waals surface area contributed by atoms with Crippen molar-refractivity contribution < 1.29 is 14.4 Å². The van der Waals surface area contributed by atoms with Gasteiger partial charge in [0.25, 0.3) is 5.91 Å². The maximum Gasteiger partial charge on any atom is 0.293 e. The van der Waals surface area contributed by atoms with Crippen LogP contribution in [0.4, 0.5) is 0 Å². The number of hydrogen-bond acceptors (Lipinski definition) is 4. The van der Waals surface area contributed by atoms with Crippen LogP contribution >= 0.6 is 0 Å². The molecule has 1 aromatic rings. The highest BCUT2D eigenvalue weighted by molar-refractivity contribution is 5.93.